The van der Waals surface area contributed by atoms with E-state index in [9.17, 15) is 4.39 Å². The molecular formula is C40H25FN2O. The highest BCUT2D eigenvalue weighted by molar-refractivity contribution is 6.06. The monoisotopic (exact) mass is 568 g/mol. The summed E-state index contributed by atoms with van der Waals surface area (Å²) in [4.78, 5) is 10.1. The first-order chi connectivity index (χ1) is 21.7. The SMILES string of the molecule is Fc1ccc2c(c1)oc1ccc(-c3cc(-c4ccccc4)cc(-c4cc(-c5ccccc5)nc(-c5ccccc5)n4)c3)cc12. The van der Waals surface area contributed by atoms with E-state index in [-0.39, 0.29) is 5.82 Å². The lowest BCUT2D eigenvalue weighted by Crippen LogP contribution is -1.96. The number of aromatic nitrogens is 2. The van der Waals surface area contributed by atoms with Gasteiger partial charge in [0, 0.05) is 33.5 Å². The zero-order valence-corrected chi connectivity index (χ0v) is 23.6. The maximum Gasteiger partial charge on any atom is 0.160 e. The zero-order chi connectivity index (χ0) is 29.5. The standard InChI is InChI=1S/C40H25FN2O/c41-33-17-18-34-35-23-29(16-19-38(35)44-39(34)24-33)31-20-30(26-10-4-1-5-11-26)21-32(22-31)37-25-36(27-12-6-2-7-13-27)42-40(43-37)28-14-8-3-9-15-28/h1-25H. The van der Waals surface area contributed by atoms with Gasteiger partial charge in [-0.2, -0.15) is 0 Å². The Balaban J connectivity index is 1.35. The molecule has 0 N–H and O–H groups in total. The lowest BCUT2D eigenvalue weighted by atomic mass is 9.94. The van der Waals surface area contributed by atoms with E-state index in [0.29, 0.717) is 11.4 Å². The molecule has 0 aliphatic heterocycles. The lowest BCUT2D eigenvalue weighted by molar-refractivity contribution is 0.618. The van der Waals surface area contributed by atoms with Crippen LogP contribution in [0.15, 0.2) is 156 Å². The summed E-state index contributed by atoms with van der Waals surface area (Å²) in [7, 11) is 0. The minimum Gasteiger partial charge on any atom is -0.456 e. The lowest BCUT2D eigenvalue weighted by Gasteiger charge is -2.13. The number of furan rings is 1. The molecule has 44 heavy (non-hydrogen) atoms. The molecule has 2 aromatic heterocycles. The Labute approximate surface area is 253 Å². The minimum atomic E-state index is -0.313. The van der Waals surface area contributed by atoms with Crippen LogP contribution in [0, 0.1) is 5.82 Å². The van der Waals surface area contributed by atoms with Crippen LogP contribution in [-0.2, 0) is 0 Å². The molecule has 2 heterocycles. The van der Waals surface area contributed by atoms with Crippen LogP contribution in [0.1, 0.15) is 0 Å². The Kier molecular flexibility index (Phi) is 6.31. The topological polar surface area (TPSA) is 38.9 Å². The third kappa shape index (κ3) is 4.83. The molecule has 0 fully saturated rings. The van der Waals surface area contributed by atoms with Gasteiger partial charge in [0.1, 0.15) is 17.0 Å². The van der Waals surface area contributed by atoms with Gasteiger partial charge in [-0.25, -0.2) is 14.4 Å². The van der Waals surface area contributed by atoms with Gasteiger partial charge < -0.3 is 4.42 Å². The fraction of sp³-hybridized carbons (Fsp3) is 0. The molecule has 0 spiro atoms. The summed E-state index contributed by atoms with van der Waals surface area (Å²) in [6.07, 6.45) is 0. The van der Waals surface area contributed by atoms with Crippen molar-refractivity contribution in [1.82, 2.24) is 9.97 Å². The Morgan fingerprint density at radius 2 is 0.977 bits per heavy atom. The average molecular weight is 569 g/mol. The molecule has 0 saturated heterocycles. The van der Waals surface area contributed by atoms with Gasteiger partial charge in [-0.15, -0.1) is 0 Å². The van der Waals surface area contributed by atoms with Crippen molar-refractivity contribution in [2.24, 2.45) is 0 Å². The van der Waals surface area contributed by atoms with Crippen molar-refractivity contribution in [3.63, 3.8) is 0 Å². The first-order valence-corrected chi connectivity index (χ1v) is 14.5. The minimum absolute atomic E-state index is 0.313. The predicted molar refractivity (Wildman–Crippen MR) is 176 cm³/mol. The number of halogens is 1. The summed E-state index contributed by atoms with van der Waals surface area (Å²) in [6.45, 7) is 0. The molecule has 4 heteroatoms. The van der Waals surface area contributed by atoms with E-state index in [2.05, 4.69) is 72.8 Å². The van der Waals surface area contributed by atoms with E-state index in [1.165, 1.54) is 12.1 Å². The Bertz CT molecular complexity index is 2220. The molecule has 208 valence electrons. The van der Waals surface area contributed by atoms with E-state index in [0.717, 1.165) is 66.7 Å². The predicted octanol–water partition coefficient (Wildman–Crippen LogP) is 10.9. The van der Waals surface area contributed by atoms with Crippen LogP contribution in [0.25, 0.3) is 78.1 Å². The fourth-order valence-corrected chi connectivity index (χ4v) is 5.74. The quantitative estimate of drug-likeness (QED) is 0.207. The summed E-state index contributed by atoms with van der Waals surface area (Å²) >= 11 is 0. The summed E-state index contributed by atoms with van der Waals surface area (Å²) in [5.41, 5.74) is 10.2. The number of hydrogen-bond donors (Lipinski definition) is 0. The van der Waals surface area contributed by atoms with Crippen LogP contribution in [0.3, 0.4) is 0 Å². The van der Waals surface area contributed by atoms with Gasteiger partial charge in [0.05, 0.1) is 11.4 Å². The number of rotatable bonds is 5. The van der Waals surface area contributed by atoms with E-state index in [4.69, 9.17) is 14.4 Å². The van der Waals surface area contributed by atoms with Gasteiger partial charge in [0.2, 0.25) is 0 Å². The third-order valence-corrected chi connectivity index (χ3v) is 7.93. The molecule has 0 amide bonds. The van der Waals surface area contributed by atoms with E-state index in [1.807, 2.05) is 60.7 Å². The molecule has 0 aliphatic carbocycles. The molecule has 6 aromatic carbocycles. The number of nitrogens with zero attached hydrogens (tertiary/aromatic N) is 2. The highest BCUT2D eigenvalue weighted by Gasteiger charge is 2.15. The largest absolute Gasteiger partial charge is 0.456 e. The van der Waals surface area contributed by atoms with Gasteiger partial charge in [0.15, 0.2) is 5.82 Å². The van der Waals surface area contributed by atoms with Crippen molar-refractivity contribution < 1.29 is 8.81 Å². The zero-order valence-electron chi connectivity index (χ0n) is 23.6. The summed E-state index contributed by atoms with van der Waals surface area (Å²) in [6, 6.07) is 50.1. The third-order valence-electron chi connectivity index (χ3n) is 7.93. The van der Waals surface area contributed by atoms with Crippen LogP contribution in [0.2, 0.25) is 0 Å². The number of fused-ring (bicyclic) bond motifs is 3. The van der Waals surface area contributed by atoms with Crippen molar-refractivity contribution in [3.8, 4) is 56.2 Å². The Hall–Kier alpha value is -5.87. The summed E-state index contributed by atoms with van der Waals surface area (Å²) in [5, 5.41) is 1.84. The van der Waals surface area contributed by atoms with Crippen molar-refractivity contribution in [2.45, 2.75) is 0 Å². The highest BCUT2D eigenvalue weighted by Crippen LogP contribution is 2.37. The summed E-state index contributed by atoms with van der Waals surface area (Å²) in [5.74, 6) is 0.360. The van der Waals surface area contributed by atoms with Gasteiger partial charge in [-0.1, -0.05) is 97.1 Å². The molecule has 8 rings (SSSR count). The van der Waals surface area contributed by atoms with Crippen molar-refractivity contribution in [1.29, 1.82) is 0 Å². The second-order valence-corrected chi connectivity index (χ2v) is 10.8. The maximum absolute atomic E-state index is 13.9. The van der Waals surface area contributed by atoms with Crippen LogP contribution in [0.4, 0.5) is 4.39 Å². The molecule has 0 unspecified atom stereocenters. The Morgan fingerprint density at radius 3 is 1.68 bits per heavy atom. The first kappa shape index (κ1) is 25.8. The van der Waals surface area contributed by atoms with Gasteiger partial charge in [-0.3, -0.25) is 0 Å². The van der Waals surface area contributed by atoms with E-state index in [1.54, 1.807) is 6.07 Å². The highest BCUT2D eigenvalue weighted by atomic mass is 19.1. The van der Waals surface area contributed by atoms with Crippen molar-refractivity contribution in [2.75, 3.05) is 0 Å². The number of benzene rings is 6. The summed E-state index contributed by atoms with van der Waals surface area (Å²) < 4.78 is 19.9. The molecule has 0 radical (unpaired) electrons. The maximum atomic E-state index is 13.9. The molecular weight excluding hydrogens is 543 g/mol. The van der Waals surface area contributed by atoms with Crippen molar-refractivity contribution >= 4 is 21.9 Å². The number of hydrogen-bond acceptors (Lipinski definition) is 3. The van der Waals surface area contributed by atoms with Gasteiger partial charge in [-0.05, 0) is 70.8 Å². The molecule has 0 saturated carbocycles. The van der Waals surface area contributed by atoms with Crippen LogP contribution >= 0.6 is 0 Å². The molecule has 0 bridgehead atoms. The van der Waals surface area contributed by atoms with Crippen molar-refractivity contribution in [3.05, 3.63) is 157 Å². The molecule has 0 atom stereocenters. The van der Waals surface area contributed by atoms with Crippen LogP contribution < -0.4 is 0 Å². The van der Waals surface area contributed by atoms with Gasteiger partial charge in [0.25, 0.3) is 0 Å². The first-order valence-electron chi connectivity index (χ1n) is 14.5. The normalized spacial score (nSPS) is 11.3. The molecule has 0 aliphatic rings. The molecule has 3 nitrogen and oxygen atoms in total. The Morgan fingerprint density at radius 1 is 0.386 bits per heavy atom. The fourth-order valence-electron chi connectivity index (χ4n) is 5.74. The van der Waals surface area contributed by atoms with Gasteiger partial charge >= 0.3 is 0 Å². The van der Waals surface area contributed by atoms with Crippen LogP contribution in [0.5, 0.6) is 0 Å². The second-order valence-electron chi connectivity index (χ2n) is 10.8. The average Bonchev–Trinajstić information content (AvgIpc) is 3.46. The smallest absolute Gasteiger partial charge is 0.160 e. The van der Waals surface area contributed by atoms with Crippen LogP contribution in [-0.4, -0.2) is 9.97 Å². The van der Waals surface area contributed by atoms with E-state index >= 15 is 0 Å². The second kappa shape index (κ2) is 10.8. The molecule has 8 aromatic rings. The van der Waals surface area contributed by atoms with E-state index < -0.39 is 0 Å².